The third-order valence-electron chi connectivity index (χ3n) is 1.68. The number of ether oxygens (including phenoxy) is 4. The summed E-state index contributed by atoms with van der Waals surface area (Å²) < 4.78 is 22.5. The van der Waals surface area contributed by atoms with Gasteiger partial charge in [-0.3, -0.25) is 0 Å². The average molecular weight is 328 g/mol. The van der Waals surface area contributed by atoms with Gasteiger partial charge in [0.05, 0.1) is 0 Å². The summed E-state index contributed by atoms with van der Waals surface area (Å²) in [6, 6.07) is 0. The predicted octanol–water partition coefficient (Wildman–Crippen LogP) is 2.21. The predicted molar refractivity (Wildman–Crippen MR) is 55.7 cm³/mol. The largest absolute Gasteiger partial charge is 0.482 e. The Morgan fingerprint density at radius 2 is 1.00 bits per heavy atom. The van der Waals surface area contributed by atoms with Crippen LogP contribution in [-0.4, -0.2) is 26.4 Å². The zero-order valence-corrected chi connectivity index (χ0v) is 10.4. The first-order chi connectivity index (χ1) is 6.79. The van der Waals surface area contributed by atoms with E-state index in [2.05, 4.69) is 31.9 Å². The molecule has 6 heteroatoms. The van der Waals surface area contributed by atoms with Crippen LogP contribution in [0.3, 0.4) is 0 Å². The second-order valence-corrected chi connectivity index (χ2v) is 4.04. The van der Waals surface area contributed by atoms with Crippen LogP contribution in [0.5, 0.6) is 0 Å². The van der Waals surface area contributed by atoms with Crippen molar-refractivity contribution in [2.45, 2.75) is 0 Å². The van der Waals surface area contributed by atoms with E-state index in [9.17, 15) is 0 Å². The van der Waals surface area contributed by atoms with Gasteiger partial charge in [0.2, 0.25) is 20.9 Å². The Morgan fingerprint density at radius 1 is 0.643 bits per heavy atom. The van der Waals surface area contributed by atoms with E-state index in [1.54, 1.807) is 0 Å². The third kappa shape index (κ3) is 2.00. The van der Waals surface area contributed by atoms with Gasteiger partial charge in [0.1, 0.15) is 26.4 Å². The highest BCUT2D eigenvalue weighted by molar-refractivity contribution is 9.12. The first-order valence-corrected chi connectivity index (χ1v) is 5.69. The summed E-state index contributed by atoms with van der Waals surface area (Å²) in [6.07, 6.45) is 0. The van der Waals surface area contributed by atoms with Crippen LogP contribution in [0.15, 0.2) is 20.9 Å². The van der Waals surface area contributed by atoms with Gasteiger partial charge in [-0.2, -0.15) is 0 Å². The standard InChI is InChI=1S/C8H8Br2O4/c9-7-5(11-1-3-13-7)6-8(10)14-4-2-12-6/h1-4H2. The molecule has 0 amide bonds. The van der Waals surface area contributed by atoms with E-state index in [1.807, 2.05) is 0 Å². The lowest BCUT2D eigenvalue weighted by Gasteiger charge is -2.24. The van der Waals surface area contributed by atoms with Crippen LogP contribution in [0.25, 0.3) is 0 Å². The zero-order valence-electron chi connectivity index (χ0n) is 7.22. The van der Waals surface area contributed by atoms with Crippen LogP contribution >= 0.6 is 31.9 Å². The number of hydrogen-bond donors (Lipinski definition) is 0. The lowest BCUT2D eigenvalue weighted by atomic mass is 10.4. The molecule has 2 aliphatic rings. The van der Waals surface area contributed by atoms with E-state index in [0.717, 1.165) is 0 Å². The van der Waals surface area contributed by atoms with Crippen molar-refractivity contribution in [1.29, 1.82) is 0 Å². The van der Waals surface area contributed by atoms with Gasteiger partial charge in [0.25, 0.3) is 0 Å². The van der Waals surface area contributed by atoms with E-state index in [-0.39, 0.29) is 0 Å². The minimum atomic E-state index is 0.511. The second-order valence-electron chi connectivity index (χ2n) is 2.60. The Labute approximate surface area is 98.1 Å². The fraction of sp³-hybridized carbons (Fsp3) is 0.500. The minimum Gasteiger partial charge on any atom is -0.482 e. The number of rotatable bonds is 1. The van der Waals surface area contributed by atoms with Crippen molar-refractivity contribution in [1.82, 2.24) is 0 Å². The summed E-state index contributed by atoms with van der Waals surface area (Å²) in [6.45, 7) is 2.10. The molecule has 14 heavy (non-hydrogen) atoms. The van der Waals surface area contributed by atoms with E-state index in [0.29, 0.717) is 47.3 Å². The topological polar surface area (TPSA) is 36.9 Å². The molecule has 0 N–H and O–H groups in total. The van der Waals surface area contributed by atoms with Gasteiger partial charge in [0, 0.05) is 0 Å². The Morgan fingerprint density at radius 3 is 1.36 bits per heavy atom. The van der Waals surface area contributed by atoms with Crippen molar-refractivity contribution >= 4 is 31.9 Å². The molecule has 0 saturated heterocycles. The molecule has 0 aliphatic carbocycles. The lowest BCUT2D eigenvalue weighted by Crippen LogP contribution is -2.19. The van der Waals surface area contributed by atoms with Crippen molar-refractivity contribution in [2.24, 2.45) is 0 Å². The highest BCUT2D eigenvalue weighted by Crippen LogP contribution is 2.31. The quantitative estimate of drug-likeness (QED) is 0.740. The molecular formula is C8H8Br2O4. The van der Waals surface area contributed by atoms with Gasteiger partial charge in [-0.15, -0.1) is 0 Å². The average Bonchev–Trinajstić information content (AvgIpc) is 2.20. The smallest absolute Gasteiger partial charge is 0.215 e. The lowest BCUT2D eigenvalue weighted by molar-refractivity contribution is 0.0349. The van der Waals surface area contributed by atoms with Crippen molar-refractivity contribution in [3.05, 3.63) is 20.9 Å². The zero-order chi connectivity index (χ0) is 9.97. The van der Waals surface area contributed by atoms with Crippen LogP contribution in [0.2, 0.25) is 0 Å². The first-order valence-electron chi connectivity index (χ1n) is 4.10. The molecule has 2 heterocycles. The van der Waals surface area contributed by atoms with E-state index < -0.39 is 0 Å². The van der Waals surface area contributed by atoms with Gasteiger partial charge in [0.15, 0.2) is 0 Å². The fourth-order valence-electron chi connectivity index (χ4n) is 1.10. The van der Waals surface area contributed by atoms with Crippen LogP contribution < -0.4 is 0 Å². The molecule has 2 aliphatic heterocycles. The molecule has 0 aromatic heterocycles. The second kappa shape index (κ2) is 4.44. The summed E-state index contributed by atoms with van der Waals surface area (Å²) in [5, 5.41) is 0. The highest BCUT2D eigenvalue weighted by Gasteiger charge is 2.25. The van der Waals surface area contributed by atoms with Crippen molar-refractivity contribution in [2.75, 3.05) is 26.4 Å². The fourth-order valence-corrected chi connectivity index (χ4v) is 2.02. The summed E-state index contributed by atoms with van der Waals surface area (Å²) in [5.74, 6) is 1.09. The first kappa shape index (κ1) is 10.2. The summed E-state index contributed by atoms with van der Waals surface area (Å²) >= 11 is 6.52. The molecule has 2 rings (SSSR count). The molecule has 0 atom stereocenters. The number of hydrogen-bond acceptors (Lipinski definition) is 4. The molecule has 4 nitrogen and oxygen atoms in total. The molecule has 0 spiro atoms. The highest BCUT2D eigenvalue weighted by atomic mass is 79.9. The van der Waals surface area contributed by atoms with Crippen LogP contribution in [-0.2, 0) is 18.9 Å². The monoisotopic (exact) mass is 326 g/mol. The maximum Gasteiger partial charge on any atom is 0.215 e. The van der Waals surface area contributed by atoms with E-state index >= 15 is 0 Å². The molecule has 78 valence electrons. The Hall–Kier alpha value is -0.360. The molecule has 0 saturated carbocycles. The van der Waals surface area contributed by atoms with Crippen LogP contribution in [0.4, 0.5) is 0 Å². The number of halogens is 2. The summed E-state index contributed by atoms with van der Waals surface area (Å²) in [4.78, 5) is 0. The SMILES string of the molecule is BrC1=C(C2=C(Br)OCCO2)OCCO1. The van der Waals surface area contributed by atoms with E-state index in [1.165, 1.54) is 0 Å². The summed E-state index contributed by atoms with van der Waals surface area (Å²) in [5.41, 5.74) is 0. The third-order valence-corrected chi connectivity index (χ3v) is 2.86. The molecule has 0 fully saturated rings. The Balaban J connectivity index is 2.28. The van der Waals surface area contributed by atoms with Gasteiger partial charge in [-0.1, -0.05) is 0 Å². The van der Waals surface area contributed by atoms with Crippen molar-refractivity contribution in [3.8, 4) is 0 Å². The van der Waals surface area contributed by atoms with Crippen LogP contribution in [0, 0.1) is 0 Å². The molecular weight excluding hydrogens is 320 g/mol. The normalized spacial score (nSPS) is 22.1. The molecule has 0 aromatic rings. The Bertz CT molecular complexity index is 268. The minimum absolute atomic E-state index is 0.511. The van der Waals surface area contributed by atoms with Crippen molar-refractivity contribution in [3.63, 3.8) is 0 Å². The van der Waals surface area contributed by atoms with Gasteiger partial charge in [-0.25, -0.2) is 0 Å². The van der Waals surface area contributed by atoms with Gasteiger partial charge in [-0.05, 0) is 31.9 Å². The molecule has 0 bridgehead atoms. The summed E-state index contributed by atoms with van der Waals surface area (Å²) in [7, 11) is 0. The molecule has 0 aromatic carbocycles. The van der Waals surface area contributed by atoms with Gasteiger partial charge >= 0.3 is 0 Å². The molecule has 0 unspecified atom stereocenters. The maximum absolute atomic E-state index is 5.41. The van der Waals surface area contributed by atoms with Crippen molar-refractivity contribution < 1.29 is 18.9 Å². The van der Waals surface area contributed by atoms with Gasteiger partial charge < -0.3 is 18.9 Å². The Kier molecular flexibility index (Phi) is 3.22. The molecule has 0 radical (unpaired) electrons. The van der Waals surface area contributed by atoms with Crippen LogP contribution in [0.1, 0.15) is 0 Å². The van der Waals surface area contributed by atoms with E-state index in [4.69, 9.17) is 18.9 Å². The maximum atomic E-state index is 5.41.